The van der Waals surface area contributed by atoms with Crippen LogP contribution in [0.3, 0.4) is 0 Å². The van der Waals surface area contributed by atoms with Gasteiger partial charge in [0.25, 0.3) is 0 Å². The molecule has 1 heterocycles. The van der Waals surface area contributed by atoms with Gasteiger partial charge in [-0.1, -0.05) is 29.8 Å². The molecular weight excluding hydrogens is 240 g/mol. The highest BCUT2D eigenvalue weighted by molar-refractivity contribution is 5.70. The first kappa shape index (κ1) is 12.8. The topological polar surface area (TPSA) is 84.8 Å². The lowest BCUT2D eigenvalue weighted by Crippen LogP contribution is -2.05. The quantitative estimate of drug-likeness (QED) is 0.908. The summed E-state index contributed by atoms with van der Waals surface area (Å²) in [6.07, 6.45) is 0. The minimum atomic E-state index is 0.0954. The monoisotopic (exact) mass is 254 g/mol. The Morgan fingerprint density at radius 2 is 1.95 bits per heavy atom. The summed E-state index contributed by atoms with van der Waals surface area (Å²) in [6, 6.07) is 9.78. The molecule has 2 rings (SSSR count). The summed E-state index contributed by atoms with van der Waals surface area (Å²) in [6.45, 7) is 4.23. The number of ether oxygens (including phenoxy) is 1. The van der Waals surface area contributed by atoms with Crippen LogP contribution in [0, 0.1) is 18.3 Å². The molecule has 0 atom stereocenters. The summed E-state index contributed by atoms with van der Waals surface area (Å²) in [5, 5.41) is 9.28. The van der Waals surface area contributed by atoms with Crippen LogP contribution in [-0.2, 0) is 0 Å². The number of hydrogen-bond donors (Lipinski definition) is 1. The van der Waals surface area contributed by atoms with Crippen molar-refractivity contribution in [3.8, 4) is 23.2 Å². The molecule has 0 saturated heterocycles. The Bertz CT molecular complexity index is 629. The van der Waals surface area contributed by atoms with Crippen molar-refractivity contribution in [2.75, 3.05) is 12.3 Å². The van der Waals surface area contributed by atoms with Crippen LogP contribution in [0.1, 0.15) is 18.1 Å². The van der Waals surface area contributed by atoms with E-state index in [1.165, 1.54) is 0 Å². The SMILES string of the molecule is CCOc1nc(N)nc(-c2ccc(C)cc2)c1C#N. The molecular formula is C14H14N4O. The van der Waals surface area contributed by atoms with Crippen molar-refractivity contribution in [1.82, 2.24) is 9.97 Å². The lowest BCUT2D eigenvalue weighted by atomic mass is 10.1. The van der Waals surface area contributed by atoms with Crippen LogP contribution in [0.15, 0.2) is 24.3 Å². The number of aryl methyl sites for hydroxylation is 1. The molecule has 19 heavy (non-hydrogen) atoms. The molecule has 0 aliphatic rings. The number of nitrogen functional groups attached to an aromatic ring is 1. The molecule has 0 radical (unpaired) electrons. The van der Waals surface area contributed by atoms with E-state index < -0.39 is 0 Å². The van der Waals surface area contributed by atoms with Gasteiger partial charge in [0.15, 0.2) is 0 Å². The normalized spacial score (nSPS) is 9.95. The van der Waals surface area contributed by atoms with Crippen LogP contribution in [0.5, 0.6) is 5.88 Å². The van der Waals surface area contributed by atoms with Crippen molar-refractivity contribution >= 4 is 5.95 Å². The zero-order chi connectivity index (χ0) is 13.8. The Morgan fingerprint density at radius 3 is 2.53 bits per heavy atom. The van der Waals surface area contributed by atoms with Gasteiger partial charge in [-0.25, -0.2) is 4.98 Å². The second kappa shape index (κ2) is 5.36. The summed E-state index contributed by atoms with van der Waals surface area (Å²) in [4.78, 5) is 8.11. The fourth-order valence-corrected chi connectivity index (χ4v) is 1.72. The summed E-state index contributed by atoms with van der Waals surface area (Å²) in [5.41, 5.74) is 8.42. The van der Waals surface area contributed by atoms with Crippen molar-refractivity contribution in [3.05, 3.63) is 35.4 Å². The maximum atomic E-state index is 9.28. The van der Waals surface area contributed by atoms with E-state index in [1.54, 1.807) is 0 Å². The Hall–Kier alpha value is -2.61. The molecule has 1 aromatic heterocycles. The number of nitrogens with zero attached hydrogens (tertiary/aromatic N) is 3. The van der Waals surface area contributed by atoms with Crippen LogP contribution < -0.4 is 10.5 Å². The van der Waals surface area contributed by atoms with Crippen molar-refractivity contribution in [1.29, 1.82) is 5.26 Å². The van der Waals surface area contributed by atoms with Gasteiger partial charge in [-0.2, -0.15) is 10.2 Å². The van der Waals surface area contributed by atoms with Crippen LogP contribution in [0.25, 0.3) is 11.3 Å². The first-order chi connectivity index (χ1) is 9.15. The third-order valence-electron chi connectivity index (χ3n) is 2.61. The molecule has 5 heteroatoms. The summed E-state index contributed by atoms with van der Waals surface area (Å²) in [5.74, 6) is 0.325. The minimum Gasteiger partial charge on any atom is -0.477 e. The van der Waals surface area contributed by atoms with E-state index in [2.05, 4.69) is 16.0 Å². The number of nitriles is 1. The lowest BCUT2D eigenvalue weighted by molar-refractivity contribution is 0.326. The average molecular weight is 254 g/mol. The third-order valence-corrected chi connectivity index (χ3v) is 2.61. The first-order valence-corrected chi connectivity index (χ1v) is 5.93. The predicted octanol–water partition coefficient (Wildman–Crippen LogP) is 2.30. The predicted molar refractivity (Wildman–Crippen MR) is 72.5 cm³/mol. The maximum Gasteiger partial charge on any atom is 0.237 e. The number of aromatic nitrogens is 2. The second-order valence-corrected chi connectivity index (χ2v) is 4.02. The molecule has 2 N–H and O–H groups in total. The highest BCUT2D eigenvalue weighted by Gasteiger charge is 2.15. The molecule has 1 aromatic carbocycles. The summed E-state index contributed by atoms with van der Waals surface area (Å²) in [7, 11) is 0. The van der Waals surface area contributed by atoms with Crippen molar-refractivity contribution in [2.45, 2.75) is 13.8 Å². The molecule has 96 valence electrons. The van der Waals surface area contributed by atoms with Crippen LogP contribution in [0.4, 0.5) is 5.95 Å². The number of benzene rings is 1. The van der Waals surface area contributed by atoms with Crippen LogP contribution in [-0.4, -0.2) is 16.6 Å². The lowest BCUT2D eigenvalue weighted by Gasteiger charge is -2.09. The first-order valence-electron chi connectivity index (χ1n) is 5.93. The van der Waals surface area contributed by atoms with Crippen molar-refractivity contribution in [3.63, 3.8) is 0 Å². The number of anilines is 1. The van der Waals surface area contributed by atoms with E-state index in [4.69, 9.17) is 10.5 Å². The molecule has 0 aliphatic heterocycles. The fourth-order valence-electron chi connectivity index (χ4n) is 1.72. The van der Waals surface area contributed by atoms with Gasteiger partial charge in [0, 0.05) is 5.56 Å². The van der Waals surface area contributed by atoms with E-state index >= 15 is 0 Å². The number of nitrogens with two attached hydrogens (primary N) is 1. The Balaban J connectivity index is 2.62. The molecule has 2 aromatic rings. The van der Waals surface area contributed by atoms with Gasteiger partial charge in [0.1, 0.15) is 11.6 Å². The zero-order valence-corrected chi connectivity index (χ0v) is 10.8. The van der Waals surface area contributed by atoms with E-state index in [0.29, 0.717) is 17.9 Å². The van der Waals surface area contributed by atoms with Crippen molar-refractivity contribution < 1.29 is 4.74 Å². The van der Waals surface area contributed by atoms with E-state index in [-0.39, 0.29) is 11.8 Å². The maximum absolute atomic E-state index is 9.28. The smallest absolute Gasteiger partial charge is 0.237 e. The molecule has 5 nitrogen and oxygen atoms in total. The van der Waals surface area contributed by atoms with Gasteiger partial charge in [0.2, 0.25) is 11.8 Å². The summed E-state index contributed by atoms with van der Waals surface area (Å²) >= 11 is 0. The Labute approximate surface area is 111 Å². The Kier molecular flexibility index (Phi) is 3.62. The van der Waals surface area contributed by atoms with Gasteiger partial charge in [0.05, 0.1) is 12.3 Å². The molecule has 0 spiro atoms. The van der Waals surface area contributed by atoms with Gasteiger partial charge < -0.3 is 10.5 Å². The van der Waals surface area contributed by atoms with Crippen LogP contribution >= 0.6 is 0 Å². The minimum absolute atomic E-state index is 0.0954. The number of rotatable bonds is 3. The molecule has 0 fully saturated rings. The molecule has 0 bridgehead atoms. The van der Waals surface area contributed by atoms with Gasteiger partial charge >= 0.3 is 0 Å². The number of hydrogen-bond acceptors (Lipinski definition) is 5. The van der Waals surface area contributed by atoms with Crippen molar-refractivity contribution in [2.24, 2.45) is 0 Å². The second-order valence-electron chi connectivity index (χ2n) is 4.02. The average Bonchev–Trinajstić information content (AvgIpc) is 2.39. The molecule has 0 unspecified atom stereocenters. The molecule has 0 aliphatic carbocycles. The van der Waals surface area contributed by atoms with Crippen LogP contribution in [0.2, 0.25) is 0 Å². The third kappa shape index (κ3) is 2.63. The largest absolute Gasteiger partial charge is 0.477 e. The van der Waals surface area contributed by atoms with E-state index in [0.717, 1.165) is 11.1 Å². The fraction of sp³-hybridized carbons (Fsp3) is 0.214. The highest BCUT2D eigenvalue weighted by atomic mass is 16.5. The standard InChI is InChI=1S/C14H14N4O/c1-3-19-13-11(8-15)12(17-14(16)18-13)10-6-4-9(2)5-7-10/h4-7H,3H2,1-2H3,(H2,16,17,18). The zero-order valence-electron chi connectivity index (χ0n) is 10.8. The summed E-state index contributed by atoms with van der Waals surface area (Å²) < 4.78 is 5.34. The van der Waals surface area contributed by atoms with E-state index in [9.17, 15) is 5.26 Å². The van der Waals surface area contributed by atoms with Gasteiger partial charge in [-0.15, -0.1) is 0 Å². The van der Waals surface area contributed by atoms with Gasteiger partial charge in [-0.05, 0) is 13.8 Å². The van der Waals surface area contributed by atoms with E-state index in [1.807, 2.05) is 38.1 Å². The molecule has 0 amide bonds. The Morgan fingerprint density at radius 1 is 1.26 bits per heavy atom. The molecule has 0 saturated carbocycles. The highest BCUT2D eigenvalue weighted by Crippen LogP contribution is 2.28. The van der Waals surface area contributed by atoms with Gasteiger partial charge in [-0.3, -0.25) is 0 Å².